The van der Waals surface area contributed by atoms with Crippen molar-refractivity contribution in [3.63, 3.8) is 0 Å². The van der Waals surface area contributed by atoms with E-state index >= 15 is 0 Å². The zero-order valence-corrected chi connectivity index (χ0v) is 20.0. The monoisotopic (exact) mass is 484 g/mol. The van der Waals surface area contributed by atoms with Gasteiger partial charge in [-0.1, -0.05) is 23.7 Å². The summed E-state index contributed by atoms with van der Waals surface area (Å²) >= 11 is 5.95. The molecule has 180 valence electrons. The summed E-state index contributed by atoms with van der Waals surface area (Å²) in [7, 11) is 0. The molecule has 0 N–H and O–H groups in total. The lowest BCUT2D eigenvalue weighted by Crippen LogP contribution is -2.55. The van der Waals surface area contributed by atoms with Crippen molar-refractivity contribution in [2.24, 2.45) is 0 Å². The number of halogens is 2. The van der Waals surface area contributed by atoms with Gasteiger partial charge in [0.05, 0.1) is 19.0 Å². The topological polar surface area (TPSA) is 47.1 Å². The highest BCUT2D eigenvalue weighted by Crippen LogP contribution is 2.27. The molecule has 8 heteroatoms. The number of carbonyl (C=O) groups excluding carboxylic acids is 2. The van der Waals surface area contributed by atoms with Gasteiger partial charge in [-0.2, -0.15) is 0 Å². The largest absolute Gasteiger partial charge is 0.369 e. The van der Waals surface area contributed by atoms with Gasteiger partial charge >= 0.3 is 0 Å². The van der Waals surface area contributed by atoms with Crippen LogP contribution in [0.2, 0.25) is 5.02 Å². The summed E-state index contributed by atoms with van der Waals surface area (Å²) in [6.45, 7) is 5.81. The number of anilines is 1. The Balaban J connectivity index is 1.11. The number of nitrogens with zero attached hydrogens (tertiary/aromatic N) is 4. The van der Waals surface area contributed by atoms with Crippen molar-refractivity contribution in [1.29, 1.82) is 0 Å². The first-order valence-electron chi connectivity index (χ1n) is 12.1. The number of carbonyl (C=O) groups is 2. The maximum absolute atomic E-state index is 13.2. The lowest BCUT2D eigenvalue weighted by Gasteiger charge is -2.44. The first kappa shape index (κ1) is 23.3. The van der Waals surface area contributed by atoms with Gasteiger partial charge in [-0.25, -0.2) is 4.39 Å². The second kappa shape index (κ2) is 10.0. The maximum Gasteiger partial charge on any atom is 0.247 e. The first-order valence-corrected chi connectivity index (χ1v) is 12.4. The van der Waals surface area contributed by atoms with Crippen molar-refractivity contribution in [3.8, 4) is 0 Å². The number of benzene rings is 2. The van der Waals surface area contributed by atoms with Crippen molar-refractivity contribution in [2.75, 3.05) is 44.2 Å². The fourth-order valence-corrected chi connectivity index (χ4v) is 5.58. The molecule has 0 bridgehead atoms. The molecule has 6 nitrogen and oxygen atoms in total. The molecule has 3 heterocycles. The zero-order chi connectivity index (χ0) is 23.7. The van der Waals surface area contributed by atoms with Gasteiger partial charge in [0.25, 0.3) is 0 Å². The van der Waals surface area contributed by atoms with Gasteiger partial charge in [0.1, 0.15) is 5.82 Å². The molecule has 3 fully saturated rings. The number of imide groups is 1. The Kier molecular flexibility index (Phi) is 6.86. The van der Waals surface area contributed by atoms with E-state index in [1.54, 1.807) is 12.1 Å². The number of hydrogen-bond acceptors (Lipinski definition) is 5. The molecule has 5 rings (SSSR count). The molecule has 2 amide bonds. The van der Waals surface area contributed by atoms with E-state index in [-0.39, 0.29) is 30.1 Å². The molecule has 0 aromatic heterocycles. The van der Waals surface area contributed by atoms with Gasteiger partial charge in [-0.05, 0) is 54.8 Å². The van der Waals surface area contributed by atoms with Crippen molar-refractivity contribution in [3.05, 3.63) is 64.9 Å². The molecule has 0 aliphatic carbocycles. The summed E-state index contributed by atoms with van der Waals surface area (Å²) in [4.78, 5) is 34.1. The molecule has 3 saturated heterocycles. The van der Waals surface area contributed by atoms with Crippen LogP contribution in [0.4, 0.5) is 10.1 Å². The van der Waals surface area contributed by atoms with E-state index in [0.717, 1.165) is 63.4 Å². The van der Waals surface area contributed by atoms with E-state index in [0.29, 0.717) is 17.6 Å². The number of hydrogen-bond donors (Lipinski definition) is 0. The summed E-state index contributed by atoms with van der Waals surface area (Å²) < 4.78 is 13.2. The van der Waals surface area contributed by atoms with Gasteiger partial charge in [0, 0.05) is 56.0 Å². The highest BCUT2D eigenvalue weighted by Gasteiger charge is 2.43. The normalized spacial score (nSPS) is 23.2. The predicted octanol–water partition coefficient (Wildman–Crippen LogP) is 3.39. The molecule has 3 aliphatic heterocycles. The average Bonchev–Trinajstić information content (AvgIpc) is 3.14. The summed E-state index contributed by atoms with van der Waals surface area (Å²) in [6, 6.07) is 14.2. The van der Waals surface area contributed by atoms with Crippen LogP contribution < -0.4 is 4.90 Å². The van der Waals surface area contributed by atoms with Crippen molar-refractivity contribution < 1.29 is 14.0 Å². The van der Waals surface area contributed by atoms with Gasteiger partial charge in [0.2, 0.25) is 11.8 Å². The van der Waals surface area contributed by atoms with E-state index < -0.39 is 0 Å². The van der Waals surface area contributed by atoms with Crippen LogP contribution in [0, 0.1) is 5.82 Å². The first-order chi connectivity index (χ1) is 16.5. The minimum absolute atomic E-state index is 0.0775. The van der Waals surface area contributed by atoms with Crippen molar-refractivity contribution in [2.45, 2.75) is 37.9 Å². The van der Waals surface area contributed by atoms with Crippen LogP contribution in [0.3, 0.4) is 0 Å². The van der Waals surface area contributed by atoms with Crippen LogP contribution in [0.1, 0.15) is 24.8 Å². The van der Waals surface area contributed by atoms with Gasteiger partial charge in [0.15, 0.2) is 0 Å². The van der Waals surface area contributed by atoms with Gasteiger partial charge in [-0.3, -0.25) is 24.3 Å². The maximum atomic E-state index is 13.2. The molecule has 0 saturated carbocycles. The van der Waals surface area contributed by atoms with E-state index in [4.69, 9.17) is 11.6 Å². The number of amides is 2. The second-order valence-electron chi connectivity index (χ2n) is 9.43. The molecule has 2 aromatic rings. The van der Waals surface area contributed by atoms with Gasteiger partial charge in [-0.15, -0.1) is 0 Å². The summed E-state index contributed by atoms with van der Waals surface area (Å²) in [5.41, 5.74) is 1.98. The fraction of sp³-hybridized carbons (Fsp3) is 0.462. The molecule has 2 aromatic carbocycles. The quantitative estimate of drug-likeness (QED) is 0.609. The summed E-state index contributed by atoms with van der Waals surface area (Å²) in [5, 5.41) is 0.639. The third-order valence-electron chi connectivity index (χ3n) is 7.44. The van der Waals surface area contributed by atoms with E-state index in [2.05, 4.69) is 14.7 Å². The summed E-state index contributed by atoms with van der Waals surface area (Å²) in [6.07, 6.45) is 2.28. The average molecular weight is 485 g/mol. The van der Waals surface area contributed by atoms with Crippen LogP contribution in [0.25, 0.3) is 0 Å². The molecule has 0 unspecified atom stereocenters. The SMILES string of the molecule is O=C1C[C@H](N2CCC(N3CCN(c4ccc(F)cc4)CC3)CC2)C(=O)N1Cc1ccc(Cl)cc1. The number of piperazine rings is 1. The third kappa shape index (κ3) is 4.97. The Morgan fingerprint density at radius 1 is 0.824 bits per heavy atom. The lowest BCUT2D eigenvalue weighted by atomic mass is 10.00. The van der Waals surface area contributed by atoms with E-state index in [1.807, 2.05) is 24.3 Å². The van der Waals surface area contributed by atoms with Crippen LogP contribution in [-0.2, 0) is 16.1 Å². The standard InChI is InChI=1S/C26H30ClFN4O2/c27-20-3-1-19(2-4-20)18-32-25(33)17-24(26(32)34)31-11-9-23(10-12-31)30-15-13-29(14-16-30)22-7-5-21(28)6-8-22/h1-8,23-24H,9-18H2/t24-/m0/s1. The molecule has 1 atom stereocenters. The molecular weight excluding hydrogens is 455 g/mol. The highest BCUT2D eigenvalue weighted by molar-refractivity contribution is 6.30. The summed E-state index contributed by atoms with van der Waals surface area (Å²) in [5.74, 6) is -0.375. The van der Waals surface area contributed by atoms with Crippen molar-refractivity contribution in [1.82, 2.24) is 14.7 Å². The Labute approximate surface area is 204 Å². The van der Waals surface area contributed by atoms with Gasteiger partial charge < -0.3 is 4.90 Å². The number of piperidine rings is 1. The smallest absolute Gasteiger partial charge is 0.247 e. The number of rotatable bonds is 5. The van der Waals surface area contributed by atoms with E-state index in [9.17, 15) is 14.0 Å². The Bertz CT molecular complexity index is 1020. The van der Waals surface area contributed by atoms with Crippen LogP contribution >= 0.6 is 11.6 Å². The minimum atomic E-state index is -0.337. The highest BCUT2D eigenvalue weighted by atomic mass is 35.5. The molecule has 0 spiro atoms. The Morgan fingerprint density at radius 2 is 1.47 bits per heavy atom. The molecule has 0 radical (unpaired) electrons. The third-order valence-corrected chi connectivity index (χ3v) is 7.69. The Hall–Kier alpha value is -2.48. The minimum Gasteiger partial charge on any atom is -0.369 e. The second-order valence-corrected chi connectivity index (χ2v) is 9.87. The molecular formula is C26H30ClFN4O2. The predicted molar refractivity (Wildman–Crippen MR) is 130 cm³/mol. The molecule has 3 aliphatic rings. The van der Waals surface area contributed by atoms with Crippen LogP contribution in [-0.4, -0.2) is 77.9 Å². The van der Waals surface area contributed by atoms with E-state index in [1.165, 1.54) is 17.0 Å². The zero-order valence-electron chi connectivity index (χ0n) is 19.2. The molecule has 34 heavy (non-hydrogen) atoms. The lowest BCUT2D eigenvalue weighted by molar-refractivity contribution is -0.140. The number of likely N-dealkylation sites (tertiary alicyclic amines) is 2. The van der Waals surface area contributed by atoms with Crippen LogP contribution in [0.15, 0.2) is 48.5 Å². The van der Waals surface area contributed by atoms with Crippen molar-refractivity contribution >= 4 is 29.1 Å². The van der Waals surface area contributed by atoms with Crippen LogP contribution in [0.5, 0.6) is 0 Å². The fourth-order valence-electron chi connectivity index (χ4n) is 5.45. The Morgan fingerprint density at radius 3 is 2.12 bits per heavy atom.